The van der Waals surface area contributed by atoms with E-state index in [2.05, 4.69) is 0 Å². The highest BCUT2D eigenvalue weighted by Crippen LogP contribution is 2.17. The zero-order valence-corrected chi connectivity index (χ0v) is 8.82. The molecule has 3 N–H and O–H groups in total. The molecule has 0 aromatic rings. The molecule has 14 heavy (non-hydrogen) atoms. The van der Waals surface area contributed by atoms with E-state index in [1.54, 1.807) is 0 Å². The molecule has 0 saturated heterocycles. The molecule has 8 heteroatoms. The van der Waals surface area contributed by atoms with Crippen LogP contribution in [0.1, 0.15) is 6.42 Å². The lowest BCUT2D eigenvalue weighted by molar-refractivity contribution is 0.201. The normalized spacial score (nSPS) is 10.9. The fraction of sp³-hybridized carbons (Fsp3) is 0.500. The van der Waals surface area contributed by atoms with Crippen molar-refractivity contribution in [3.8, 4) is 0 Å². The Morgan fingerprint density at radius 2 is 1.36 bits per heavy atom. The average Bonchev–Trinajstić information content (AvgIpc) is 2.03. The van der Waals surface area contributed by atoms with Gasteiger partial charge in [0.25, 0.3) is 16.8 Å². The quantitative estimate of drug-likeness (QED) is 0.482. The van der Waals surface area contributed by atoms with Gasteiger partial charge in [-0.1, -0.05) is 0 Å². The Hall–Kier alpha value is -1.08. The molecular weight excluding hydrogens is 232 g/mol. The van der Waals surface area contributed by atoms with Crippen molar-refractivity contribution in [2.75, 3.05) is 5.88 Å². The Labute approximate surface area is 85.1 Å². The summed E-state index contributed by atoms with van der Waals surface area (Å²) in [6, 6.07) is -0.392. The van der Waals surface area contributed by atoms with Crippen LogP contribution in [0.25, 0.3) is 0 Å². The fourth-order valence-corrected chi connectivity index (χ4v) is 3.18. The second kappa shape index (κ2) is 4.96. The van der Waals surface area contributed by atoms with E-state index >= 15 is 0 Å². The fourth-order valence-electron chi connectivity index (χ4n) is 0.927. The number of hydrogen-bond acceptors (Lipinski definition) is 3. The second-order valence-corrected chi connectivity index (χ2v) is 6.59. The maximum Gasteiger partial charge on any atom is 0.430 e. The zero-order chi connectivity index (χ0) is 11.4. The monoisotopic (exact) mass is 240 g/mol. The van der Waals surface area contributed by atoms with Crippen LogP contribution < -0.4 is 0 Å². The van der Waals surface area contributed by atoms with Gasteiger partial charge in [0, 0.05) is 5.88 Å². The van der Waals surface area contributed by atoms with Crippen LogP contribution in [0.3, 0.4) is 0 Å². The van der Waals surface area contributed by atoms with E-state index < -0.39 is 30.9 Å². The van der Waals surface area contributed by atoms with Crippen LogP contribution in [0.2, 0.25) is 6.04 Å². The Kier molecular flexibility index (Phi) is 4.58. The van der Waals surface area contributed by atoms with Crippen LogP contribution in [0.4, 0.5) is 14.4 Å². The molecule has 0 aliphatic heterocycles. The van der Waals surface area contributed by atoms with Crippen LogP contribution in [0.15, 0.2) is 0 Å². The van der Waals surface area contributed by atoms with E-state index in [4.69, 9.17) is 26.9 Å². The van der Waals surface area contributed by atoms with Crippen molar-refractivity contribution in [1.29, 1.82) is 0 Å². The molecular formula is C6H9ClO6Si. The van der Waals surface area contributed by atoms with E-state index in [0.717, 1.165) is 0 Å². The number of carboxylic acid groups (broad SMARTS) is 3. The van der Waals surface area contributed by atoms with Gasteiger partial charge in [-0.25, -0.2) is 0 Å². The van der Waals surface area contributed by atoms with Crippen molar-refractivity contribution in [1.82, 2.24) is 0 Å². The van der Waals surface area contributed by atoms with Gasteiger partial charge in [-0.2, -0.15) is 0 Å². The highest BCUT2D eigenvalue weighted by Gasteiger charge is 2.59. The number of halogens is 1. The van der Waals surface area contributed by atoms with E-state index in [1.165, 1.54) is 0 Å². The SMILES string of the molecule is O=C(O)[Si](CCCCl)(C(=O)O)C(=O)O. The maximum absolute atomic E-state index is 10.7. The maximum atomic E-state index is 10.7. The van der Waals surface area contributed by atoms with Gasteiger partial charge in [-0.15, -0.1) is 11.6 Å². The minimum absolute atomic E-state index is 0.0442. The first kappa shape index (κ1) is 12.9. The average molecular weight is 241 g/mol. The Balaban J connectivity index is 5.06. The van der Waals surface area contributed by atoms with E-state index in [9.17, 15) is 14.4 Å². The van der Waals surface area contributed by atoms with Crippen molar-refractivity contribution in [2.24, 2.45) is 0 Å². The molecule has 0 heterocycles. The van der Waals surface area contributed by atoms with Gasteiger partial charge in [0.2, 0.25) is 0 Å². The predicted molar refractivity (Wildman–Crippen MR) is 50.0 cm³/mol. The predicted octanol–water partition coefficient (Wildman–Crippen LogP) is 1.84. The number of carbonyl (C=O) groups is 3. The van der Waals surface area contributed by atoms with Gasteiger partial charge in [-0.05, 0) is 12.5 Å². The van der Waals surface area contributed by atoms with Gasteiger partial charge in [0.15, 0.2) is 0 Å². The summed E-state index contributed by atoms with van der Waals surface area (Å²) in [6.45, 7) is 0. The summed E-state index contributed by atoms with van der Waals surface area (Å²) in [7, 11) is -4.38. The molecule has 0 atom stereocenters. The molecule has 6 nitrogen and oxygen atoms in total. The molecule has 0 amide bonds. The summed E-state index contributed by atoms with van der Waals surface area (Å²) < 4.78 is 0. The van der Waals surface area contributed by atoms with E-state index in [-0.39, 0.29) is 12.3 Å². The van der Waals surface area contributed by atoms with E-state index in [0.29, 0.717) is 0 Å². The molecule has 0 aliphatic carbocycles. The Morgan fingerprint density at radius 1 is 1.00 bits per heavy atom. The Bertz CT molecular complexity index is 229. The standard InChI is InChI=1S/C6H9ClO6Si/c7-2-1-3-14(4(8)9,5(10)11)6(12)13/h1-3H2,(H,8,9)(H,10,11)(H,12,13). The molecule has 0 radical (unpaired) electrons. The molecule has 0 aliphatic rings. The first-order chi connectivity index (χ1) is 6.39. The molecule has 0 saturated carbocycles. The minimum Gasteiger partial charge on any atom is -0.485 e. The van der Waals surface area contributed by atoms with Crippen LogP contribution in [0, 0.1) is 0 Å². The number of alkyl halides is 1. The van der Waals surface area contributed by atoms with Crippen LogP contribution >= 0.6 is 11.6 Å². The van der Waals surface area contributed by atoms with Gasteiger partial charge in [0.05, 0.1) is 0 Å². The molecule has 0 fully saturated rings. The largest absolute Gasteiger partial charge is 0.485 e. The van der Waals surface area contributed by atoms with Crippen molar-refractivity contribution in [3.63, 3.8) is 0 Å². The third-order valence-corrected chi connectivity index (χ3v) is 5.34. The van der Waals surface area contributed by atoms with Gasteiger partial charge < -0.3 is 15.3 Å². The summed E-state index contributed by atoms with van der Waals surface area (Å²) >= 11 is 5.27. The molecule has 80 valence electrons. The molecule has 0 rings (SSSR count). The molecule has 0 aromatic heterocycles. The van der Waals surface area contributed by atoms with Crippen LogP contribution in [-0.4, -0.2) is 46.1 Å². The first-order valence-electron chi connectivity index (χ1n) is 3.65. The molecule has 0 bridgehead atoms. The van der Waals surface area contributed by atoms with Gasteiger partial charge in [0.1, 0.15) is 0 Å². The Morgan fingerprint density at radius 3 is 1.57 bits per heavy atom. The first-order valence-corrected chi connectivity index (χ1v) is 6.40. The highest BCUT2D eigenvalue weighted by molar-refractivity contribution is 7.38. The van der Waals surface area contributed by atoms with Crippen molar-refractivity contribution in [3.05, 3.63) is 0 Å². The highest BCUT2D eigenvalue weighted by atomic mass is 35.5. The third kappa shape index (κ3) is 2.24. The van der Waals surface area contributed by atoms with Crippen molar-refractivity contribution < 1.29 is 29.7 Å². The minimum atomic E-state index is -4.38. The van der Waals surface area contributed by atoms with Crippen LogP contribution in [0.5, 0.6) is 0 Å². The number of hydrogen-bond donors (Lipinski definition) is 3. The summed E-state index contributed by atoms with van der Waals surface area (Å²) in [6.07, 6.45) is 0.0681. The zero-order valence-electron chi connectivity index (χ0n) is 7.07. The third-order valence-electron chi connectivity index (χ3n) is 1.78. The van der Waals surface area contributed by atoms with Gasteiger partial charge >= 0.3 is 8.07 Å². The smallest absolute Gasteiger partial charge is 0.430 e. The lowest BCUT2D eigenvalue weighted by atomic mass is 10.6. The topological polar surface area (TPSA) is 112 Å². The summed E-state index contributed by atoms with van der Waals surface area (Å²) in [5.41, 5.74) is -5.24. The molecule has 0 aromatic carbocycles. The summed E-state index contributed by atoms with van der Waals surface area (Å²) in [4.78, 5) is 32.0. The molecule has 0 unspecified atom stereocenters. The summed E-state index contributed by atoms with van der Waals surface area (Å²) in [5.74, 6) is 0.0442. The summed E-state index contributed by atoms with van der Waals surface area (Å²) in [5, 5.41) is 25.9. The second-order valence-electron chi connectivity index (χ2n) is 2.61. The van der Waals surface area contributed by atoms with Crippen LogP contribution in [-0.2, 0) is 0 Å². The van der Waals surface area contributed by atoms with Crippen molar-refractivity contribution >= 4 is 36.5 Å². The lowest BCUT2D eigenvalue weighted by Gasteiger charge is -2.15. The van der Waals surface area contributed by atoms with Gasteiger partial charge in [-0.3, -0.25) is 14.4 Å². The number of rotatable bonds is 6. The lowest BCUT2D eigenvalue weighted by Crippen LogP contribution is -2.57. The van der Waals surface area contributed by atoms with Crippen molar-refractivity contribution in [2.45, 2.75) is 12.5 Å². The van der Waals surface area contributed by atoms with E-state index in [1.807, 2.05) is 0 Å². The molecule has 0 spiro atoms.